The molecular weight excluding hydrogens is 452 g/mol. The fourth-order valence-corrected chi connectivity index (χ4v) is 4.43. The van der Waals surface area contributed by atoms with Crippen LogP contribution in [0.4, 0.5) is 11.4 Å². The van der Waals surface area contributed by atoms with Crippen LogP contribution < -0.4 is 19.5 Å². The summed E-state index contributed by atoms with van der Waals surface area (Å²) < 4.78 is 39.2. The van der Waals surface area contributed by atoms with Crippen LogP contribution in [0.25, 0.3) is 0 Å². The number of sulfonamides is 1. The van der Waals surface area contributed by atoms with Crippen molar-refractivity contribution in [2.24, 2.45) is 0 Å². The van der Waals surface area contributed by atoms with Crippen molar-refractivity contribution >= 4 is 38.9 Å². The number of ether oxygens (including phenoxy) is 2. The third-order valence-electron chi connectivity index (χ3n) is 4.59. The van der Waals surface area contributed by atoms with Crippen LogP contribution in [0.1, 0.15) is 11.1 Å². The van der Waals surface area contributed by atoms with E-state index in [9.17, 15) is 13.2 Å². The molecule has 0 aromatic heterocycles. The number of hydrogen-bond acceptors (Lipinski definition) is 5. The van der Waals surface area contributed by atoms with E-state index < -0.39 is 15.9 Å². The van der Waals surface area contributed by atoms with Gasteiger partial charge in [-0.1, -0.05) is 29.8 Å². The van der Waals surface area contributed by atoms with Gasteiger partial charge in [0.2, 0.25) is 0 Å². The third-order valence-corrected chi connectivity index (χ3v) is 6.24. The first-order chi connectivity index (χ1) is 15.2. The molecule has 0 heterocycles. The maximum absolute atomic E-state index is 12.9. The maximum Gasteiger partial charge on any atom is 0.265 e. The Morgan fingerprint density at radius 1 is 0.969 bits per heavy atom. The number of para-hydroxylation sites is 1. The molecule has 32 heavy (non-hydrogen) atoms. The summed E-state index contributed by atoms with van der Waals surface area (Å²) >= 11 is 5.85. The fourth-order valence-electron chi connectivity index (χ4n) is 3.05. The number of anilines is 2. The van der Waals surface area contributed by atoms with E-state index in [1.807, 2.05) is 32.0 Å². The Labute approximate surface area is 192 Å². The Morgan fingerprint density at radius 3 is 2.22 bits per heavy atom. The second kappa shape index (κ2) is 9.93. The SMILES string of the molecule is COc1ccc(NC(=O)COc2c(C)cccc2C)cc1S(=O)(=O)Nc1ccc(Cl)cc1. The van der Waals surface area contributed by atoms with Gasteiger partial charge in [-0.3, -0.25) is 9.52 Å². The average molecular weight is 475 g/mol. The number of nitrogens with one attached hydrogen (secondary N) is 2. The van der Waals surface area contributed by atoms with Gasteiger partial charge in [0.25, 0.3) is 15.9 Å². The Bertz CT molecular complexity index is 1210. The monoisotopic (exact) mass is 474 g/mol. The fraction of sp³-hybridized carbons (Fsp3) is 0.174. The quantitative estimate of drug-likeness (QED) is 0.490. The standard InChI is InChI=1S/C23H23ClN2O5S/c1-15-5-4-6-16(2)23(15)31-14-22(27)25-19-11-12-20(30-3)21(13-19)32(28,29)26-18-9-7-17(24)8-10-18/h4-13,26H,14H2,1-3H3,(H,25,27). The molecule has 3 rings (SSSR count). The second-order valence-corrected chi connectivity index (χ2v) is 9.12. The zero-order valence-corrected chi connectivity index (χ0v) is 19.4. The van der Waals surface area contributed by atoms with Crippen molar-refractivity contribution in [1.29, 1.82) is 0 Å². The van der Waals surface area contributed by atoms with E-state index in [-0.39, 0.29) is 22.9 Å². The van der Waals surface area contributed by atoms with Crippen LogP contribution in [0.3, 0.4) is 0 Å². The van der Waals surface area contributed by atoms with Crippen LogP contribution >= 0.6 is 11.6 Å². The largest absolute Gasteiger partial charge is 0.495 e. The molecule has 0 radical (unpaired) electrons. The zero-order valence-electron chi connectivity index (χ0n) is 17.8. The highest BCUT2D eigenvalue weighted by molar-refractivity contribution is 7.92. The number of rotatable bonds is 8. The van der Waals surface area contributed by atoms with Gasteiger partial charge < -0.3 is 14.8 Å². The smallest absolute Gasteiger partial charge is 0.265 e. The minimum absolute atomic E-state index is 0.122. The van der Waals surface area contributed by atoms with Crippen molar-refractivity contribution < 1.29 is 22.7 Å². The lowest BCUT2D eigenvalue weighted by Crippen LogP contribution is -2.21. The summed E-state index contributed by atoms with van der Waals surface area (Å²) in [6, 6.07) is 16.3. The summed E-state index contributed by atoms with van der Waals surface area (Å²) in [5.41, 5.74) is 2.47. The molecule has 0 saturated heterocycles. The lowest BCUT2D eigenvalue weighted by atomic mass is 10.1. The Morgan fingerprint density at radius 2 is 1.59 bits per heavy atom. The first-order valence-electron chi connectivity index (χ1n) is 9.65. The average Bonchev–Trinajstić information content (AvgIpc) is 2.75. The summed E-state index contributed by atoms with van der Waals surface area (Å²) in [5, 5.41) is 3.14. The van der Waals surface area contributed by atoms with Gasteiger partial charge in [-0.25, -0.2) is 8.42 Å². The molecule has 9 heteroatoms. The molecule has 0 aliphatic carbocycles. The molecule has 168 valence electrons. The Balaban J connectivity index is 1.76. The van der Waals surface area contributed by atoms with Crippen molar-refractivity contribution in [3.8, 4) is 11.5 Å². The van der Waals surface area contributed by atoms with Crippen molar-refractivity contribution in [2.45, 2.75) is 18.7 Å². The van der Waals surface area contributed by atoms with Gasteiger partial charge in [0, 0.05) is 16.4 Å². The summed E-state index contributed by atoms with van der Waals surface area (Å²) in [6.45, 7) is 3.58. The summed E-state index contributed by atoms with van der Waals surface area (Å²) in [4.78, 5) is 12.3. The predicted molar refractivity (Wildman–Crippen MR) is 125 cm³/mol. The van der Waals surface area contributed by atoms with Gasteiger partial charge in [0.15, 0.2) is 6.61 Å². The molecule has 0 aliphatic heterocycles. The normalized spacial score (nSPS) is 11.0. The molecule has 0 atom stereocenters. The molecule has 3 aromatic rings. The first kappa shape index (κ1) is 23.4. The molecule has 7 nitrogen and oxygen atoms in total. The van der Waals surface area contributed by atoms with Gasteiger partial charge in [0.1, 0.15) is 16.4 Å². The van der Waals surface area contributed by atoms with Crippen molar-refractivity contribution in [2.75, 3.05) is 23.8 Å². The van der Waals surface area contributed by atoms with Crippen LogP contribution in [0.5, 0.6) is 11.5 Å². The molecule has 0 bridgehead atoms. The molecule has 0 saturated carbocycles. The van der Waals surface area contributed by atoms with Crippen molar-refractivity contribution in [3.63, 3.8) is 0 Å². The number of methoxy groups -OCH3 is 1. The summed E-state index contributed by atoms with van der Waals surface area (Å²) in [6.07, 6.45) is 0. The summed E-state index contributed by atoms with van der Waals surface area (Å²) in [5.74, 6) is 0.357. The number of amides is 1. The summed E-state index contributed by atoms with van der Waals surface area (Å²) in [7, 11) is -2.63. The van der Waals surface area contributed by atoms with Crippen LogP contribution in [-0.2, 0) is 14.8 Å². The minimum atomic E-state index is -3.99. The highest BCUT2D eigenvalue weighted by atomic mass is 35.5. The van der Waals surface area contributed by atoms with Crippen LogP contribution in [0, 0.1) is 13.8 Å². The maximum atomic E-state index is 12.9. The molecule has 0 unspecified atom stereocenters. The van der Waals surface area contributed by atoms with Crippen LogP contribution in [-0.4, -0.2) is 28.0 Å². The molecule has 1 amide bonds. The van der Waals surface area contributed by atoms with E-state index in [1.54, 1.807) is 30.3 Å². The molecule has 2 N–H and O–H groups in total. The zero-order chi connectivity index (χ0) is 23.3. The van der Waals surface area contributed by atoms with Crippen LogP contribution in [0.2, 0.25) is 5.02 Å². The lowest BCUT2D eigenvalue weighted by Gasteiger charge is -2.14. The van der Waals surface area contributed by atoms with Gasteiger partial charge in [-0.05, 0) is 67.4 Å². The van der Waals surface area contributed by atoms with E-state index in [0.29, 0.717) is 16.5 Å². The minimum Gasteiger partial charge on any atom is -0.495 e. The number of hydrogen-bond donors (Lipinski definition) is 2. The highest BCUT2D eigenvalue weighted by Crippen LogP contribution is 2.29. The highest BCUT2D eigenvalue weighted by Gasteiger charge is 2.21. The second-order valence-electron chi connectivity index (χ2n) is 7.04. The van der Waals surface area contributed by atoms with E-state index in [2.05, 4.69) is 10.0 Å². The van der Waals surface area contributed by atoms with Crippen molar-refractivity contribution in [3.05, 3.63) is 76.8 Å². The third kappa shape index (κ3) is 5.72. The lowest BCUT2D eigenvalue weighted by molar-refractivity contribution is -0.118. The van der Waals surface area contributed by atoms with Crippen LogP contribution in [0.15, 0.2) is 65.6 Å². The van der Waals surface area contributed by atoms with Crippen molar-refractivity contribution in [1.82, 2.24) is 0 Å². The van der Waals surface area contributed by atoms with E-state index in [4.69, 9.17) is 21.1 Å². The van der Waals surface area contributed by atoms with Gasteiger partial charge >= 0.3 is 0 Å². The number of carbonyl (C=O) groups is 1. The van der Waals surface area contributed by atoms with E-state index in [1.165, 1.54) is 19.2 Å². The Kier molecular flexibility index (Phi) is 7.27. The number of carbonyl (C=O) groups excluding carboxylic acids is 1. The van der Waals surface area contributed by atoms with Gasteiger partial charge in [0.05, 0.1) is 7.11 Å². The van der Waals surface area contributed by atoms with Gasteiger partial charge in [-0.15, -0.1) is 0 Å². The Hall–Kier alpha value is -3.23. The molecule has 0 spiro atoms. The first-order valence-corrected chi connectivity index (χ1v) is 11.5. The topological polar surface area (TPSA) is 93.7 Å². The molecule has 3 aromatic carbocycles. The number of aryl methyl sites for hydroxylation is 2. The molecule has 0 aliphatic rings. The predicted octanol–water partition coefficient (Wildman–Crippen LogP) is 4.78. The number of halogens is 1. The van der Waals surface area contributed by atoms with Gasteiger partial charge in [-0.2, -0.15) is 0 Å². The molecular formula is C23H23ClN2O5S. The van der Waals surface area contributed by atoms with E-state index in [0.717, 1.165) is 11.1 Å². The number of benzene rings is 3. The van der Waals surface area contributed by atoms with E-state index >= 15 is 0 Å². The molecule has 0 fully saturated rings.